The van der Waals surface area contributed by atoms with Crippen LogP contribution in [0.2, 0.25) is 0 Å². The highest BCUT2D eigenvalue weighted by atomic mass is 16.5. The molecule has 1 aromatic heterocycles. The van der Waals surface area contributed by atoms with E-state index in [0.717, 1.165) is 0 Å². The van der Waals surface area contributed by atoms with E-state index in [-0.39, 0.29) is 23.6 Å². The summed E-state index contributed by atoms with van der Waals surface area (Å²) in [7, 11) is 1.76. The first-order valence-corrected chi connectivity index (χ1v) is 10.4. The summed E-state index contributed by atoms with van der Waals surface area (Å²) >= 11 is 0. The Balaban J connectivity index is 1.41. The Labute approximate surface area is 190 Å². The number of para-hydroxylation sites is 1. The molecular formula is C26H23N3O4. The fourth-order valence-electron chi connectivity index (χ4n) is 3.50. The number of nitrogens with zero attached hydrogens (tertiary/aromatic N) is 2. The topological polar surface area (TPSA) is 82.3 Å². The molecule has 4 rings (SSSR count). The van der Waals surface area contributed by atoms with Gasteiger partial charge in [-0.3, -0.25) is 19.1 Å². The summed E-state index contributed by atoms with van der Waals surface area (Å²) in [6, 6.07) is 24.8. The van der Waals surface area contributed by atoms with Crippen LogP contribution in [-0.2, 0) is 11.8 Å². The number of amides is 1. The van der Waals surface area contributed by atoms with Crippen molar-refractivity contribution in [2.24, 2.45) is 7.05 Å². The van der Waals surface area contributed by atoms with Crippen LogP contribution in [0.1, 0.15) is 21.6 Å². The number of anilines is 1. The second-order valence-corrected chi connectivity index (χ2v) is 7.49. The zero-order valence-electron chi connectivity index (χ0n) is 18.3. The summed E-state index contributed by atoms with van der Waals surface area (Å²) in [6.45, 7) is 1.49. The summed E-state index contributed by atoms with van der Waals surface area (Å²) in [5.41, 5.74) is 2.34. The highest BCUT2D eigenvalue weighted by Gasteiger charge is 2.18. The van der Waals surface area contributed by atoms with Gasteiger partial charge in [-0.1, -0.05) is 48.5 Å². The number of nitrogens with one attached hydrogen (secondary N) is 1. The largest absolute Gasteiger partial charge is 0.484 e. The molecule has 4 aromatic rings. The zero-order valence-corrected chi connectivity index (χ0v) is 18.3. The quantitative estimate of drug-likeness (QED) is 0.443. The van der Waals surface area contributed by atoms with E-state index < -0.39 is 5.91 Å². The van der Waals surface area contributed by atoms with Crippen molar-refractivity contribution in [1.82, 2.24) is 9.36 Å². The first kappa shape index (κ1) is 21.8. The summed E-state index contributed by atoms with van der Waals surface area (Å²) in [4.78, 5) is 37.8. The van der Waals surface area contributed by atoms with Gasteiger partial charge in [-0.2, -0.15) is 0 Å². The van der Waals surface area contributed by atoms with Crippen LogP contribution in [0.3, 0.4) is 0 Å². The van der Waals surface area contributed by atoms with Crippen molar-refractivity contribution in [2.45, 2.75) is 6.92 Å². The summed E-state index contributed by atoms with van der Waals surface area (Å²) in [6.07, 6.45) is 0. The average Bonchev–Trinajstić information content (AvgIpc) is 3.06. The Morgan fingerprint density at radius 2 is 1.42 bits per heavy atom. The molecule has 0 spiro atoms. The maximum Gasteiger partial charge on any atom is 0.295 e. The minimum atomic E-state index is -0.453. The smallest absolute Gasteiger partial charge is 0.295 e. The highest BCUT2D eigenvalue weighted by Crippen LogP contribution is 2.17. The van der Waals surface area contributed by atoms with Crippen LogP contribution in [0.15, 0.2) is 89.7 Å². The molecule has 3 aromatic carbocycles. The minimum absolute atomic E-state index is 0.0888. The third-order valence-corrected chi connectivity index (χ3v) is 5.34. The Morgan fingerprint density at radius 1 is 0.848 bits per heavy atom. The van der Waals surface area contributed by atoms with Gasteiger partial charge in [-0.15, -0.1) is 0 Å². The number of aromatic nitrogens is 2. The molecule has 0 unspecified atom stereocenters. The van der Waals surface area contributed by atoms with Crippen molar-refractivity contribution < 1.29 is 14.3 Å². The average molecular weight is 441 g/mol. The lowest BCUT2D eigenvalue weighted by molar-refractivity contribution is -0.118. The van der Waals surface area contributed by atoms with E-state index in [1.807, 2.05) is 48.5 Å². The minimum Gasteiger partial charge on any atom is -0.484 e. The van der Waals surface area contributed by atoms with Crippen LogP contribution < -0.4 is 15.6 Å². The summed E-state index contributed by atoms with van der Waals surface area (Å²) < 4.78 is 8.73. The molecule has 1 amide bonds. The van der Waals surface area contributed by atoms with E-state index in [0.29, 0.717) is 28.3 Å². The standard InChI is InChI=1S/C26H23N3O4/c1-18-24(26(32)29(28(18)2)21-11-7-4-8-12-21)27-23(30)17-33-22-15-13-20(14-16-22)25(31)19-9-5-3-6-10-19/h3-16H,17H2,1-2H3,(H,27,30). The molecule has 7 nitrogen and oxygen atoms in total. The lowest BCUT2D eigenvalue weighted by Gasteiger charge is -2.08. The Morgan fingerprint density at radius 3 is 2.06 bits per heavy atom. The van der Waals surface area contributed by atoms with E-state index in [1.54, 1.807) is 55.1 Å². The van der Waals surface area contributed by atoms with Gasteiger partial charge < -0.3 is 10.1 Å². The molecule has 0 bridgehead atoms. The normalized spacial score (nSPS) is 10.6. The number of carbonyl (C=O) groups excluding carboxylic acids is 2. The Bertz CT molecular complexity index is 1340. The van der Waals surface area contributed by atoms with E-state index in [2.05, 4.69) is 5.32 Å². The molecule has 0 aliphatic rings. The predicted octanol–water partition coefficient (Wildman–Crippen LogP) is 3.73. The van der Waals surface area contributed by atoms with Gasteiger partial charge in [0.05, 0.1) is 11.4 Å². The molecule has 33 heavy (non-hydrogen) atoms. The van der Waals surface area contributed by atoms with Gasteiger partial charge in [0.2, 0.25) is 0 Å². The number of rotatable bonds is 7. The molecule has 0 aliphatic heterocycles. The molecule has 7 heteroatoms. The summed E-state index contributed by atoms with van der Waals surface area (Å²) in [5, 5.41) is 2.66. The highest BCUT2D eigenvalue weighted by molar-refractivity contribution is 6.09. The molecule has 0 atom stereocenters. The SMILES string of the molecule is Cc1c(NC(=O)COc2ccc(C(=O)c3ccccc3)cc2)c(=O)n(-c2ccccc2)n1C. The second-order valence-electron chi connectivity index (χ2n) is 7.49. The van der Waals surface area contributed by atoms with Gasteiger partial charge in [-0.25, -0.2) is 4.68 Å². The lowest BCUT2D eigenvalue weighted by atomic mass is 10.0. The third-order valence-electron chi connectivity index (χ3n) is 5.34. The van der Waals surface area contributed by atoms with Gasteiger partial charge in [0, 0.05) is 18.2 Å². The van der Waals surface area contributed by atoms with Crippen LogP contribution in [-0.4, -0.2) is 27.7 Å². The number of carbonyl (C=O) groups is 2. The van der Waals surface area contributed by atoms with Gasteiger partial charge in [0.25, 0.3) is 11.5 Å². The van der Waals surface area contributed by atoms with E-state index in [1.165, 1.54) is 4.68 Å². The maximum absolute atomic E-state index is 12.9. The van der Waals surface area contributed by atoms with Crippen LogP contribution in [0.4, 0.5) is 5.69 Å². The van der Waals surface area contributed by atoms with E-state index in [9.17, 15) is 14.4 Å². The number of benzene rings is 3. The van der Waals surface area contributed by atoms with Crippen molar-refractivity contribution in [3.05, 3.63) is 112 Å². The van der Waals surface area contributed by atoms with Crippen molar-refractivity contribution >= 4 is 17.4 Å². The van der Waals surface area contributed by atoms with Gasteiger partial charge in [0.15, 0.2) is 12.4 Å². The zero-order chi connectivity index (χ0) is 23.4. The molecule has 0 saturated heterocycles. The molecule has 0 aliphatic carbocycles. The van der Waals surface area contributed by atoms with Crippen molar-refractivity contribution in [1.29, 1.82) is 0 Å². The lowest BCUT2D eigenvalue weighted by Crippen LogP contribution is -2.25. The molecule has 1 heterocycles. The monoisotopic (exact) mass is 441 g/mol. The first-order valence-electron chi connectivity index (χ1n) is 10.4. The molecular weight excluding hydrogens is 418 g/mol. The predicted molar refractivity (Wildman–Crippen MR) is 126 cm³/mol. The fraction of sp³-hybridized carbons (Fsp3) is 0.115. The fourth-order valence-corrected chi connectivity index (χ4v) is 3.50. The molecule has 0 saturated carbocycles. The Hall–Kier alpha value is -4.39. The Kier molecular flexibility index (Phi) is 6.22. The van der Waals surface area contributed by atoms with Crippen molar-refractivity contribution in [3.63, 3.8) is 0 Å². The van der Waals surface area contributed by atoms with Crippen molar-refractivity contribution in [2.75, 3.05) is 11.9 Å². The number of ether oxygens (including phenoxy) is 1. The van der Waals surface area contributed by atoms with Gasteiger partial charge in [0.1, 0.15) is 11.4 Å². The molecule has 166 valence electrons. The van der Waals surface area contributed by atoms with Crippen LogP contribution in [0.5, 0.6) is 5.75 Å². The van der Waals surface area contributed by atoms with Gasteiger partial charge in [-0.05, 0) is 43.3 Å². The maximum atomic E-state index is 12.9. The van der Waals surface area contributed by atoms with Crippen molar-refractivity contribution in [3.8, 4) is 11.4 Å². The van der Waals surface area contributed by atoms with Crippen LogP contribution in [0, 0.1) is 6.92 Å². The second kappa shape index (κ2) is 9.40. The molecule has 0 fully saturated rings. The van der Waals surface area contributed by atoms with Crippen LogP contribution in [0.25, 0.3) is 5.69 Å². The number of hydrogen-bond acceptors (Lipinski definition) is 4. The molecule has 0 radical (unpaired) electrons. The van der Waals surface area contributed by atoms with Gasteiger partial charge >= 0.3 is 0 Å². The number of hydrogen-bond donors (Lipinski definition) is 1. The number of ketones is 1. The van der Waals surface area contributed by atoms with Crippen LogP contribution >= 0.6 is 0 Å². The van der Waals surface area contributed by atoms with E-state index >= 15 is 0 Å². The van der Waals surface area contributed by atoms with E-state index in [4.69, 9.17) is 4.74 Å². The third kappa shape index (κ3) is 4.62. The first-order chi connectivity index (χ1) is 16.0. The summed E-state index contributed by atoms with van der Waals surface area (Å²) in [5.74, 6) is -0.0965. The molecule has 1 N–H and O–H groups in total.